The van der Waals surface area contributed by atoms with Gasteiger partial charge in [-0.15, -0.1) is 0 Å². The van der Waals surface area contributed by atoms with Crippen LogP contribution in [-0.4, -0.2) is 25.2 Å². The number of esters is 2. The van der Waals surface area contributed by atoms with Crippen molar-refractivity contribution < 1.29 is 23.5 Å². The lowest BCUT2D eigenvalue weighted by atomic mass is 10.2. The summed E-state index contributed by atoms with van der Waals surface area (Å²) in [7, 11) is 0. The van der Waals surface area contributed by atoms with Gasteiger partial charge >= 0.3 is 11.9 Å². The lowest BCUT2D eigenvalue weighted by Crippen LogP contribution is -2.12. The van der Waals surface area contributed by atoms with Crippen molar-refractivity contribution in [2.45, 2.75) is 20.8 Å². The number of carbonyl (C=O) groups is 2. The highest BCUT2D eigenvalue weighted by atomic mass is 19.1. The first-order valence-corrected chi connectivity index (χ1v) is 4.25. The van der Waals surface area contributed by atoms with E-state index in [1.54, 1.807) is 13.8 Å². The van der Waals surface area contributed by atoms with E-state index in [-0.39, 0.29) is 18.8 Å². The van der Waals surface area contributed by atoms with Crippen molar-refractivity contribution in [1.29, 1.82) is 0 Å². The maximum absolute atomic E-state index is 13.1. The Kier molecular flexibility index (Phi) is 5.52. The minimum Gasteiger partial charge on any atom is -0.463 e. The van der Waals surface area contributed by atoms with Crippen LogP contribution in [0, 0.1) is 0 Å². The third kappa shape index (κ3) is 3.55. The molecule has 0 bridgehead atoms. The smallest absolute Gasteiger partial charge is 0.367 e. The van der Waals surface area contributed by atoms with E-state index in [0.717, 1.165) is 0 Å². The monoisotopic (exact) mass is 204 g/mol. The van der Waals surface area contributed by atoms with E-state index in [1.807, 2.05) is 0 Å². The van der Waals surface area contributed by atoms with E-state index >= 15 is 0 Å². The summed E-state index contributed by atoms with van der Waals surface area (Å²) in [6.07, 6.45) is 0. The van der Waals surface area contributed by atoms with Gasteiger partial charge in [0.1, 0.15) is 0 Å². The van der Waals surface area contributed by atoms with Crippen LogP contribution in [-0.2, 0) is 19.1 Å². The molecular weight excluding hydrogens is 191 g/mol. The van der Waals surface area contributed by atoms with Crippen LogP contribution in [0.25, 0.3) is 0 Å². The van der Waals surface area contributed by atoms with Crippen LogP contribution in [0.15, 0.2) is 11.4 Å². The zero-order valence-corrected chi connectivity index (χ0v) is 8.43. The molecular formula is C9H13FO4. The number of hydrogen-bond acceptors (Lipinski definition) is 4. The number of halogens is 1. The van der Waals surface area contributed by atoms with E-state index in [2.05, 4.69) is 9.47 Å². The van der Waals surface area contributed by atoms with Gasteiger partial charge < -0.3 is 9.47 Å². The summed E-state index contributed by atoms with van der Waals surface area (Å²) >= 11 is 0. The molecule has 0 saturated carbocycles. The Morgan fingerprint density at radius 2 is 1.50 bits per heavy atom. The molecule has 0 amide bonds. The molecule has 0 aliphatic carbocycles. The van der Waals surface area contributed by atoms with Crippen molar-refractivity contribution in [2.24, 2.45) is 0 Å². The molecule has 0 radical (unpaired) electrons. The molecule has 80 valence electrons. The van der Waals surface area contributed by atoms with Crippen LogP contribution >= 0.6 is 0 Å². The predicted molar refractivity (Wildman–Crippen MR) is 47.1 cm³/mol. The van der Waals surface area contributed by atoms with Crippen molar-refractivity contribution in [3.8, 4) is 0 Å². The molecule has 0 atom stereocenters. The molecule has 0 aromatic heterocycles. The van der Waals surface area contributed by atoms with Crippen LogP contribution in [0.3, 0.4) is 0 Å². The topological polar surface area (TPSA) is 52.6 Å². The second-order valence-corrected chi connectivity index (χ2v) is 2.38. The van der Waals surface area contributed by atoms with Crippen LogP contribution in [0.4, 0.5) is 4.39 Å². The first kappa shape index (κ1) is 12.6. The van der Waals surface area contributed by atoms with Gasteiger partial charge in [-0.2, -0.15) is 4.39 Å². The molecule has 0 saturated heterocycles. The summed E-state index contributed by atoms with van der Waals surface area (Å²) in [5.74, 6) is -3.19. The minimum absolute atomic E-state index is 0.0579. The van der Waals surface area contributed by atoms with Gasteiger partial charge in [-0.25, -0.2) is 9.59 Å². The Bertz CT molecular complexity index is 232. The SMILES string of the molecule is CCOC(=O)/C(C)=C(\F)C(=O)OCC. The fraction of sp³-hybridized carbons (Fsp3) is 0.556. The Morgan fingerprint density at radius 1 is 1.07 bits per heavy atom. The van der Waals surface area contributed by atoms with E-state index in [0.29, 0.717) is 0 Å². The molecule has 0 aromatic rings. The zero-order chi connectivity index (χ0) is 11.1. The van der Waals surface area contributed by atoms with E-state index in [9.17, 15) is 14.0 Å². The molecule has 0 aromatic carbocycles. The van der Waals surface area contributed by atoms with Gasteiger partial charge in [0.15, 0.2) is 0 Å². The number of hydrogen-bond donors (Lipinski definition) is 0. The first-order valence-electron chi connectivity index (χ1n) is 4.25. The lowest BCUT2D eigenvalue weighted by molar-refractivity contribution is -0.143. The van der Waals surface area contributed by atoms with Crippen LogP contribution in [0.1, 0.15) is 20.8 Å². The average Bonchev–Trinajstić information content (AvgIpc) is 2.16. The maximum Gasteiger partial charge on any atom is 0.367 e. The third-order valence-corrected chi connectivity index (χ3v) is 1.37. The van der Waals surface area contributed by atoms with Crippen molar-refractivity contribution in [3.05, 3.63) is 11.4 Å². The van der Waals surface area contributed by atoms with E-state index < -0.39 is 17.8 Å². The second kappa shape index (κ2) is 6.12. The molecule has 0 aliphatic rings. The Hall–Kier alpha value is -1.39. The molecule has 4 nitrogen and oxygen atoms in total. The fourth-order valence-electron chi connectivity index (χ4n) is 0.677. The summed E-state index contributed by atoms with van der Waals surface area (Å²) < 4.78 is 21.9. The van der Waals surface area contributed by atoms with Gasteiger partial charge in [0.25, 0.3) is 0 Å². The van der Waals surface area contributed by atoms with Crippen molar-refractivity contribution >= 4 is 11.9 Å². The first-order chi connectivity index (χ1) is 6.54. The maximum atomic E-state index is 13.1. The van der Waals surface area contributed by atoms with Crippen molar-refractivity contribution in [3.63, 3.8) is 0 Å². The van der Waals surface area contributed by atoms with Gasteiger partial charge in [-0.3, -0.25) is 0 Å². The normalized spacial score (nSPS) is 11.7. The standard InChI is InChI=1S/C9H13FO4/c1-4-13-8(11)6(3)7(10)9(12)14-5-2/h4-5H2,1-3H3/b7-6-. The number of rotatable bonds is 4. The van der Waals surface area contributed by atoms with Crippen molar-refractivity contribution in [2.75, 3.05) is 13.2 Å². The van der Waals surface area contributed by atoms with Crippen molar-refractivity contribution in [1.82, 2.24) is 0 Å². The Labute approximate surface area is 81.7 Å². The highest BCUT2D eigenvalue weighted by Crippen LogP contribution is 2.09. The number of carbonyl (C=O) groups excluding carboxylic acids is 2. The minimum atomic E-state index is -1.20. The Morgan fingerprint density at radius 3 is 1.93 bits per heavy atom. The molecule has 0 fully saturated rings. The lowest BCUT2D eigenvalue weighted by Gasteiger charge is -2.03. The van der Waals surface area contributed by atoms with Gasteiger partial charge in [0.05, 0.1) is 18.8 Å². The molecule has 0 heterocycles. The molecule has 0 aliphatic heterocycles. The van der Waals surface area contributed by atoms with Gasteiger partial charge in [-0.05, 0) is 20.8 Å². The van der Waals surface area contributed by atoms with Gasteiger partial charge in [0, 0.05) is 0 Å². The zero-order valence-electron chi connectivity index (χ0n) is 8.43. The average molecular weight is 204 g/mol. The van der Waals surface area contributed by atoms with Crippen LogP contribution in [0.5, 0.6) is 0 Å². The van der Waals surface area contributed by atoms with Crippen LogP contribution in [0.2, 0.25) is 0 Å². The summed E-state index contributed by atoms with van der Waals surface area (Å²) in [6.45, 7) is 4.50. The van der Waals surface area contributed by atoms with E-state index in [1.165, 1.54) is 6.92 Å². The third-order valence-electron chi connectivity index (χ3n) is 1.37. The summed E-state index contributed by atoms with van der Waals surface area (Å²) in [5.41, 5.74) is -0.370. The van der Waals surface area contributed by atoms with Gasteiger partial charge in [-0.1, -0.05) is 0 Å². The number of ether oxygens (including phenoxy) is 2. The predicted octanol–water partition coefficient (Wildman–Crippen LogP) is 1.36. The Balaban J connectivity index is 4.57. The summed E-state index contributed by atoms with van der Waals surface area (Å²) in [4.78, 5) is 21.8. The fourth-order valence-corrected chi connectivity index (χ4v) is 0.677. The molecule has 0 unspecified atom stereocenters. The molecule has 0 rings (SSSR count). The van der Waals surface area contributed by atoms with E-state index in [4.69, 9.17) is 0 Å². The van der Waals surface area contributed by atoms with Gasteiger partial charge in [0.2, 0.25) is 5.83 Å². The summed E-state index contributed by atoms with van der Waals surface area (Å²) in [6, 6.07) is 0. The molecule has 0 spiro atoms. The molecule has 5 heteroatoms. The summed E-state index contributed by atoms with van der Waals surface area (Å²) in [5, 5.41) is 0. The highest BCUT2D eigenvalue weighted by molar-refractivity contribution is 5.98. The van der Waals surface area contributed by atoms with Crippen LogP contribution < -0.4 is 0 Å². The second-order valence-electron chi connectivity index (χ2n) is 2.38. The largest absolute Gasteiger partial charge is 0.463 e. The molecule has 14 heavy (non-hydrogen) atoms. The molecule has 0 N–H and O–H groups in total. The highest BCUT2D eigenvalue weighted by Gasteiger charge is 2.19. The quantitative estimate of drug-likeness (QED) is 0.512.